The molecular formula is C25H30N2O6S. The molecule has 1 fully saturated rings. The molecule has 1 saturated heterocycles. The zero-order valence-electron chi connectivity index (χ0n) is 19.7. The van der Waals surface area contributed by atoms with Gasteiger partial charge in [-0.2, -0.15) is 4.31 Å². The number of nitrogens with one attached hydrogen (secondary N) is 1. The smallest absolute Gasteiger partial charge is 0.243 e. The number of piperidine rings is 1. The van der Waals surface area contributed by atoms with Crippen LogP contribution in [-0.4, -0.2) is 44.9 Å². The van der Waals surface area contributed by atoms with Crippen molar-refractivity contribution < 1.29 is 27.1 Å². The number of carbonyl (C=O) groups excluding carboxylic acids is 1. The minimum Gasteiger partial charge on any atom is -0.497 e. The highest BCUT2D eigenvalue weighted by Crippen LogP contribution is 2.32. The number of amides is 1. The van der Waals surface area contributed by atoms with Gasteiger partial charge >= 0.3 is 0 Å². The lowest BCUT2D eigenvalue weighted by molar-refractivity contribution is -0.115. The number of carbonyl (C=O) groups is 1. The van der Waals surface area contributed by atoms with E-state index in [1.54, 1.807) is 25.5 Å². The van der Waals surface area contributed by atoms with Crippen molar-refractivity contribution in [3.05, 3.63) is 48.2 Å². The molecule has 1 N–H and O–H groups in total. The number of methoxy groups -OCH3 is 1. The number of ether oxygens (including phenoxy) is 2. The Labute approximate surface area is 199 Å². The van der Waals surface area contributed by atoms with Crippen molar-refractivity contribution in [2.24, 2.45) is 0 Å². The molecule has 0 aliphatic carbocycles. The van der Waals surface area contributed by atoms with Crippen LogP contribution in [0.2, 0.25) is 0 Å². The van der Waals surface area contributed by atoms with Crippen LogP contribution in [0.4, 0.5) is 5.69 Å². The van der Waals surface area contributed by atoms with E-state index in [1.165, 1.54) is 16.4 Å². The molecule has 1 aliphatic rings. The number of anilines is 1. The lowest BCUT2D eigenvalue weighted by atomic mass is 10.1. The standard InChI is InChI=1S/C25H30N2O6S/c1-17(2)33-23-10-8-20(34(29,30)27-11-5-4-6-12-27)15-22(23)26-25(28)13-18-16-32-24-14-19(31-3)7-9-21(18)24/h7-10,14-17H,4-6,11-13H2,1-3H3,(H,26,28). The summed E-state index contributed by atoms with van der Waals surface area (Å²) in [7, 11) is -2.07. The van der Waals surface area contributed by atoms with Crippen LogP contribution in [0.5, 0.6) is 11.5 Å². The van der Waals surface area contributed by atoms with Gasteiger partial charge in [-0.1, -0.05) is 6.42 Å². The van der Waals surface area contributed by atoms with Gasteiger partial charge in [-0.3, -0.25) is 4.79 Å². The summed E-state index contributed by atoms with van der Waals surface area (Å²) in [4.78, 5) is 13.1. The lowest BCUT2D eigenvalue weighted by Gasteiger charge is -2.26. The number of benzene rings is 2. The molecule has 0 saturated carbocycles. The molecule has 0 bridgehead atoms. The molecule has 2 aromatic carbocycles. The summed E-state index contributed by atoms with van der Waals surface area (Å²) in [5.41, 5.74) is 1.67. The van der Waals surface area contributed by atoms with Crippen molar-refractivity contribution in [3.8, 4) is 11.5 Å². The Balaban J connectivity index is 1.59. The minimum atomic E-state index is -3.65. The quantitative estimate of drug-likeness (QED) is 0.500. The fourth-order valence-corrected chi connectivity index (χ4v) is 5.62. The molecule has 182 valence electrons. The van der Waals surface area contributed by atoms with E-state index in [2.05, 4.69) is 5.32 Å². The first kappa shape index (κ1) is 24.1. The third kappa shape index (κ3) is 5.20. The number of nitrogens with zero attached hydrogens (tertiary/aromatic N) is 1. The van der Waals surface area contributed by atoms with Gasteiger partial charge in [0.2, 0.25) is 15.9 Å². The van der Waals surface area contributed by atoms with E-state index in [0.29, 0.717) is 35.9 Å². The molecule has 3 aromatic rings. The fourth-order valence-electron chi connectivity index (χ4n) is 4.07. The number of hydrogen-bond donors (Lipinski definition) is 1. The van der Waals surface area contributed by atoms with E-state index in [9.17, 15) is 13.2 Å². The van der Waals surface area contributed by atoms with E-state index in [0.717, 1.165) is 30.2 Å². The number of hydrogen-bond acceptors (Lipinski definition) is 6. The molecule has 0 atom stereocenters. The maximum absolute atomic E-state index is 13.2. The van der Waals surface area contributed by atoms with Crippen LogP contribution in [0.25, 0.3) is 11.0 Å². The first-order valence-electron chi connectivity index (χ1n) is 11.4. The predicted molar refractivity (Wildman–Crippen MR) is 130 cm³/mol. The Kier molecular flexibility index (Phi) is 7.13. The van der Waals surface area contributed by atoms with E-state index in [1.807, 2.05) is 26.0 Å². The lowest BCUT2D eigenvalue weighted by Crippen LogP contribution is -2.35. The predicted octanol–water partition coefficient (Wildman–Crippen LogP) is 4.58. The van der Waals surface area contributed by atoms with Crippen LogP contribution in [0, 0.1) is 0 Å². The summed E-state index contributed by atoms with van der Waals surface area (Å²) in [6.45, 7) is 4.75. The largest absolute Gasteiger partial charge is 0.497 e. The van der Waals surface area contributed by atoms with Crippen molar-refractivity contribution in [3.63, 3.8) is 0 Å². The summed E-state index contributed by atoms with van der Waals surface area (Å²) in [6.07, 6.45) is 4.19. The maximum Gasteiger partial charge on any atom is 0.243 e. The molecule has 34 heavy (non-hydrogen) atoms. The Morgan fingerprint density at radius 3 is 2.59 bits per heavy atom. The minimum absolute atomic E-state index is 0.0591. The summed E-state index contributed by atoms with van der Waals surface area (Å²) in [6, 6.07) is 10.0. The van der Waals surface area contributed by atoms with Crippen molar-refractivity contribution in [2.75, 3.05) is 25.5 Å². The van der Waals surface area contributed by atoms with Crippen LogP contribution in [0.1, 0.15) is 38.7 Å². The van der Waals surface area contributed by atoms with Gasteiger partial charge in [0.15, 0.2) is 0 Å². The van der Waals surface area contributed by atoms with E-state index < -0.39 is 10.0 Å². The van der Waals surface area contributed by atoms with Gasteiger partial charge in [0.05, 0.1) is 36.5 Å². The summed E-state index contributed by atoms with van der Waals surface area (Å²) in [5, 5.41) is 3.66. The number of furan rings is 1. The molecular weight excluding hydrogens is 456 g/mol. The topological polar surface area (TPSA) is 98.1 Å². The second-order valence-electron chi connectivity index (χ2n) is 8.64. The van der Waals surface area contributed by atoms with Crippen LogP contribution in [0.3, 0.4) is 0 Å². The summed E-state index contributed by atoms with van der Waals surface area (Å²) in [5.74, 6) is 0.780. The van der Waals surface area contributed by atoms with Gasteiger partial charge in [0.25, 0.3) is 0 Å². The van der Waals surface area contributed by atoms with Gasteiger partial charge in [0, 0.05) is 30.1 Å². The molecule has 8 nitrogen and oxygen atoms in total. The van der Waals surface area contributed by atoms with Crippen molar-refractivity contribution >= 4 is 32.6 Å². The van der Waals surface area contributed by atoms with E-state index >= 15 is 0 Å². The van der Waals surface area contributed by atoms with E-state index in [4.69, 9.17) is 13.9 Å². The second kappa shape index (κ2) is 10.1. The third-order valence-electron chi connectivity index (χ3n) is 5.75. The third-order valence-corrected chi connectivity index (χ3v) is 7.65. The summed E-state index contributed by atoms with van der Waals surface area (Å²) >= 11 is 0. The molecule has 2 heterocycles. The Morgan fingerprint density at radius 1 is 1.12 bits per heavy atom. The Morgan fingerprint density at radius 2 is 1.88 bits per heavy atom. The second-order valence-corrected chi connectivity index (χ2v) is 10.6. The van der Waals surface area contributed by atoms with E-state index in [-0.39, 0.29) is 23.3 Å². The molecule has 9 heteroatoms. The Hall–Kier alpha value is -3.04. The highest BCUT2D eigenvalue weighted by atomic mass is 32.2. The van der Waals surface area contributed by atoms with Gasteiger partial charge in [-0.25, -0.2) is 8.42 Å². The summed E-state index contributed by atoms with van der Waals surface area (Å²) < 4.78 is 44.5. The van der Waals surface area contributed by atoms with Gasteiger partial charge in [-0.15, -0.1) is 0 Å². The molecule has 1 aliphatic heterocycles. The molecule has 0 unspecified atom stereocenters. The molecule has 1 aromatic heterocycles. The van der Waals surface area contributed by atoms with Crippen molar-refractivity contribution in [1.82, 2.24) is 4.31 Å². The van der Waals surface area contributed by atoms with Crippen molar-refractivity contribution in [2.45, 2.75) is 50.5 Å². The zero-order valence-corrected chi connectivity index (χ0v) is 20.5. The molecule has 4 rings (SSSR count). The maximum atomic E-state index is 13.2. The van der Waals surface area contributed by atoms with Crippen LogP contribution >= 0.6 is 0 Å². The molecule has 0 spiro atoms. The average Bonchev–Trinajstić information content (AvgIpc) is 3.22. The molecule has 1 amide bonds. The first-order chi connectivity index (χ1) is 16.3. The van der Waals surface area contributed by atoms with Gasteiger partial charge in [0.1, 0.15) is 17.1 Å². The normalized spacial score (nSPS) is 14.9. The molecule has 0 radical (unpaired) electrons. The SMILES string of the molecule is COc1ccc2c(CC(=O)Nc3cc(S(=O)(=O)N4CCCCC4)ccc3OC(C)C)coc2c1. The average molecular weight is 487 g/mol. The number of fused-ring (bicyclic) bond motifs is 1. The fraction of sp³-hybridized carbons (Fsp3) is 0.400. The Bertz CT molecular complexity index is 1280. The number of rotatable bonds is 8. The van der Waals surface area contributed by atoms with Crippen molar-refractivity contribution in [1.29, 1.82) is 0 Å². The zero-order chi connectivity index (χ0) is 24.3. The number of sulfonamides is 1. The van der Waals surface area contributed by atoms with Crippen LogP contribution in [0.15, 0.2) is 52.0 Å². The highest BCUT2D eigenvalue weighted by molar-refractivity contribution is 7.89. The van der Waals surface area contributed by atoms with Gasteiger partial charge < -0.3 is 19.2 Å². The first-order valence-corrected chi connectivity index (χ1v) is 12.9. The highest BCUT2D eigenvalue weighted by Gasteiger charge is 2.27. The van der Waals surface area contributed by atoms with Crippen LogP contribution < -0.4 is 14.8 Å². The van der Waals surface area contributed by atoms with Gasteiger partial charge in [-0.05, 0) is 57.0 Å². The monoisotopic (exact) mass is 486 g/mol. The van der Waals surface area contributed by atoms with Crippen LogP contribution in [-0.2, 0) is 21.2 Å².